The molecule has 3 aromatic carbocycles. The van der Waals surface area contributed by atoms with E-state index < -0.39 is 0 Å². The zero-order valence-corrected chi connectivity index (χ0v) is 15.6. The van der Waals surface area contributed by atoms with Gasteiger partial charge in [-0.2, -0.15) is 0 Å². The Morgan fingerprint density at radius 3 is 2.26 bits per heavy atom. The molecule has 4 heteroatoms. The number of carbonyl (C=O) groups is 1. The lowest BCUT2D eigenvalue weighted by atomic mass is 10.1. The lowest BCUT2D eigenvalue weighted by molar-refractivity contribution is -0.132. The highest BCUT2D eigenvalue weighted by Crippen LogP contribution is 2.29. The number of nitrogens with zero attached hydrogens (tertiary/aromatic N) is 1. The Hall–Kier alpha value is -3.27. The molecule has 0 aliphatic heterocycles. The number of likely N-dealkylation sites (N-methyl/N-ethyl adjacent to an activating group) is 1. The van der Waals surface area contributed by atoms with E-state index in [1.54, 1.807) is 19.1 Å². The lowest BCUT2D eigenvalue weighted by Gasteiger charge is -2.18. The number of hydrogen-bond acceptors (Lipinski definition) is 3. The summed E-state index contributed by atoms with van der Waals surface area (Å²) in [6.07, 6.45) is 0. The first kappa shape index (κ1) is 18.5. The predicted octanol–water partition coefficient (Wildman–Crippen LogP) is 4.40. The van der Waals surface area contributed by atoms with Crippen LogP contribution in [0.15, 0.2) is 78.9 Å². The van der Waals surface area contributed by atoms with Crippen molar-refractivity contribution in [2.75, 3.05) is 20.8 Å². The molecule has 0 atom stereocenters. The summed E-state index contributed by atoms with van der Waals surface area (Å²) in [5.41, 5.74) is 3.08. The first-order chi connectivity index (χ1) is 13.2. The Kier molecular flexibility index (Phi) is 6.10. The van der Waals surface area contributed by atoms with Crippen molar-refractivity contribution in [2.24, 2.45) is 0 Å². The van der Waals surface area contributed by atoms with Gasteiger partial charge in [-0.3, -0.25) is 4.79 Å². The van der Waals surface area contributed by atoms with E-state index in [0.717, 1.165) is 22.4 Å². The van der Waals surface area contributed by atoms with Crippen LogP contribution in [0.25, 0.3) is 11.1 Å². The number of hydrogen-bond donors (Lipinski definition) is 0. The number of amides is 1. The fourth-order valence-corrected chi connectivity index (χ4v) is 2.79. The molecule has 0 unspecified atom stereocenters. The molecular weight excluding hydrogens is 338 g/mol. The maximum atomic E-state index is 12.5. The monoisotopic (exact) mass is 361 g/mol. The second-order valence-electron chi connectivity index (χ2n) is 6.25. The molecular formula is C23H23NO3. The SMILES string of the molecule is COc1ccc(CN(C)C(=O)COc2ccccc2-c2ccccc2)cc1. The predicted molar refractivity (Wildman–Crippen MR) is 107 cm³/mol. The number of para-hydroxylation sites is 1. The number of carbonyl (C=O) groups excluding carboxylic acids is 1. The Morgan fingerprint density at radius 2 is 1.56 bits per heavy atom. The van der Waals surface area contributed by atoms with Crippen LogP contribution in [0, 0.1) is 0 Å². The van der Waals surface area contributed by atoms with E-state index in [1.165, 1.54) is 0 Å². The van der Waals surface area contributed by atoms with Gasteiger partial charge in [-0.05, 0) is 29.3 Å². The summed E-state index contributed by atoms with van der Waals surface area (Å²) in [4.78, 5) is 14.1. The lowest BCUT2D eigenvalue weighted by Crippen LogP contribution is -2.31. The summed E-state index contributed by atoms with van der Waals surface area (Å²) in [7, 11) is 3.41. The molecule has 0 bridgehead atoms. The molecule has 0 aromatic heterocycles. The van der Waals surface area contributed by atoms with Gasteiger partial charge in [-0.15, -0.1) is 0 Å². The molecule has 0 aliphatic carbocycles. The fourth-order valence-electron chi connectivity index (χ4n) is 2.79. The fraction of sp³-hybridized carbons (Fsp3) is 0.174. The smallest absolute Gasteiger partial charge is 0.260 e. The van der Waals surface area contributed by atoms with E-state index in [4.69, 9.17) is 9.47 Å². The zero-order valence-electron chi connectivity index (χ0n) is 15.6. The second kappa shape index (κ2) is 8.90. The molecule has 3 aromatic rings. The molecule has 0 heterocycles. The quantitative estimate of drug-likeness (QED) is 0.626. The first-order valence-electron chi connectivity index (χ1n) is 8.81. The van der Waals surface area contributed by atoms with Crippen molar-refractivity contribution in [1.82, 2.24) is 4.90 Å². The summed E-state index contributed by atoms with van der Waals surface area (Å²) >= 11 is 0. The van der Waals surface area contributed by atoms with Crippen molar-refractivity contribution in [3.05, 3.63) is 84.4 Å². The summed E-state index contributed by atoms with van der Waals surface area (Å²) < 4.78 is 11.0. The van der Waals surface area contributed by atoms with E-state index >= 15 is 0 Å². The summed E-state index contributed by atoms with van der Waals surface area (Å²) in [5, 5.41) is 0. The Balaban J connectivity index is 1.62. The van der Waals surface area contributed by atoms with E-state index in [-0.39, 0.29) is 12.5 Å². The second-order valence-corrected chi connectivity index (χ2v) is 6.25. The molecule has 27 heavy (non-hydrogen) atoms. The van der Waals surface area contributed by atoms with Crippen molar-refractivity contribution in [1.29, 1.82) is 0 Å². The number of benzene rings is 3. The van der Waals surface area contributed by atoms with Crippen LogP contribution in [-0.2, 0) is 11.3 Å². The van der Waals surface area contributed by atoms with Crippen LogP contribution in [0.5, 0.6) is 11.5 Å². The van der Waals surface area contributed by atoms with Crippen LogP contribution in [0.4, 0.5) is 0 Å². The standard InChI is InChI=1S/C23H23NO3/c1-24(16-18-12-14-20(26-2)15-13-18)23(25)17-27-22-11-7-6-10-21(22)19-8-4-3-5-9-19/h3-15H,16-17H2,1-2H3. The van der Waals surface area contributed by atoms with Crippen molar-refractivity contribution in [3.8, 4) is 22.6 Å². The van der Waals surface area contributed by atoms with E-state index in [0.29, 0.717) is 12.3 Å². The van der Waals surface area contributed by atoms with Gasteiger partial charge >= 0.3 is 0 Å². The van der Waals surface area contributed by atoms with Gasteiger partial charge in [0.25, 0.3) is 5.91 Å². The average Bonchev–Trinajstić information content (AvgIpc) is 2.73. The molecule has 0 saturated heterocycles. The third kappa shape index (κ3) is 4.88. The van der Waals surface area contributed by atoms with Gasteiger partial charge in [0.05, 0.1) is 7.11 Å². The normalized spacial score (nSPS) is 10.3. The van der Waals surface area contributed by atoms with Gasteiger partial charge in [0.1, 0.15) is 11.5 Å². The topological polar surface area (TPSA) is 38.8 Å². The molecule has 0 radical (unpaired) electrons. The number of methoxy groups -OCH3 is 1. The maximum absolute atomic E-state index is 12.5. The van der Waals surface area contributed by atoms with Crippen LogP contribution < -0.4 is 9.47 Å². The van der Waals surface area contributed by atoms with Crippen molar-refractivity contribution >= 4 is 5.91 Å². The van der Waals surface area contributed by atoms with Gasteiger partial charge in [-0.25, -0.2) is 0 Å². The van der Waals surface area contributed by atoms with Crippen LogP contribution in [0.1, 0.15) is 5.56 Å². The molecule has 0 fully saturated rings. The summed E-state index contributed by atoms with van der Waals surface area (Å²) in [5.74, 6) is 1.43. The molecule has 0 saturated carbocycles. The highest BCUT2D eigenvalue weighted by molar-refractivity contribution is 5.78. The van der Waals surface area contributed by atoms with Crippen molar-refractivity contribution in [2.45, 2.75) is 6.54 Å². The molecule has 1 amide bonds. The molecule has 3 rings (SSSR count). The van der Waals surface area contributed by atoms with Crippen LogP contribution in [-0.4, -0.2) is 31.6 Å². The van der Waals surface area contributed by atoms with Crippen molar-refractivity contribution in [3.63, 3.8) is 0 Å². The van der Waals surface area contributed by atoms with Gasteiger partial charge in [-0.1, -0.05) is 60.7 Å². The Labute approximate surface area is 160 Å². The van der Waals surface area contributed by atoms with E-state index in [9.17, 15) is 4.79 Å². The van der Waals surface area contributed by atoms with E-state index in [2.05, 4.69) is 0 Å². The van der Waals surface area contributed by atoms with Crippen LogP contribution >= 0.6 is 0 Å². The molecule has 0 N–H and O–H groups in total. The summed E-state index contributed by atoms with van der Waals surface area (Å²) in [6.45, 7) is 0.517. The minimum atomic E-state index is -0.0753. The van der Waals surface area contributed by atoms with Gasteiger partial charge in [0.2, 0.25) is 0 Å². The average molecular weight is 361 g/mol. The maximum Gasteiger partial charge on any atom is 0.260 e. The molecule has 0 spiro atoms. The molecule has 138 valence electrons. The van der Waals surface area contributed by atoms with Gasteiger partial charge in [0.15, 0.2) is 6.61 Å². The first-order valence-corrected chi connectivity index (χ1v) is 8.81. The minimum absolute atomic E-state index is 0.00347. The summed E-state index contributed by atoms with van der Waals surface area (Å²) in [6, 6.07) is 25.4. The minimum Gasteiger partial charge on any atom is -0.497 e. The largest absolute Gasteiger partial charge is 0.497 e. The zero-order chi connectivity index (χ0) is 19.1. The highest BCUT2D eigenvalue weighted by Gasteiger charge is 2.12. The molecule has 0 aliphatic rings. The number of ether oxygens (including phenoxy) is 2. The van der Waals surface area contributed by atoms with E-state index in [1.807, 2.05) is 78.9 Å². The van der Waals surface area contributed by atoms with Crippen LogP contribution in [0.2, 0.25) is 0 Å². The highest BCUT2D eigenvalue weighted by atomic mass is 16.5. The Bertz CT molecular complexity index is 876. The van der Waals surface area contributed by atoms with Gasteiger partial charge < -0.3 is 14.4 Å². The van der Waals surface area contributed by atoms with Crippen molar-refractivity contribution < 1.29 is 14.3 Å². The third-order valence-electron chi connectivity index (χ3n) is 4.33. The number of rotatable bonds is 7. The van der Waals surface area contributed by atoms with Crippen LogP contribution in [0.3, 0.4) is 0 Å². The Morgan fingerprint density at radius 1 is 0.889 bits per heavy atom. The van der Waals surface area contributed by atoms with Gasteiger partial charge in [0, 0.05) is 19.2 Å². The third-order valence-corrected chi connectivity index (χ3v) is 4.33. The molecule has 4 nitrogen and oxygen atoms in total.